The Hall–Kier alpha value is -6.44. The molecule has 55 heavy (non-hydrogen) atoms. The molecule has 0 spiro atoms. The number of rotatable bonds is 6. The van der Waals surface area contributed by atoms with Gasteiger partial charge >= 0.3 is 0 Å². The zero-order chi connectivity index (χ0) is 37.3. The van der Waals surface area contributed by atoms with Gasteiger partial charge in [0, 0.05) is 27.8 Å². The van der Waals surface area contributed by atoms with Crippen LogP contribution in [-0.4, -0.2) is 0 Å². The van der Waals surface area contributed by atoms with E-state index in [0.717, 1.165) is 17.1 Å². The van der Waals surface area contributed by atoms with Crippen LogP contribution in [-0.2, 0) is 10.8 Å². The molecule has 0 amide bonds. The van der Waals surface area contributed by atoms with Crippen molar-refractivity contribution in [2.24, 2.45) is 0 Å². The monoisotopic (exact) mass is 705 g/mol. The number of hydrogen-bond donors (Lipinski definition) is 0. The lowest BCUT2D eigenvalue weighted by molar-refractivity contribution is 0.660. The Morgan fingerprint density at radius 3 is 1.56 bits per heavy atom. The molecule has 0 bridgehead atoms. The third-order valence-corrected chi connectivity index (χ3v) is 12.3. The fourth-order valence-corrected chi connectivity index (χ4v) is 9.44. The maximum atomic E-state index is 2.51. The van der Waals surface area contributed by atoms with Crippen LogP contribution in [0.25, 0.3) is 55.6 Å². The van der Waals surface area contributed by atoms with E-state index >= 15 is 0 Å². The predicted molar refractivity (Wildman–Crippen MR) is 233 cm³/mol. The highest BCUT2D eigenvalue weighted by atomic mass is 15.1. The van der Waals surface area contributed by atoms with Crippen molar-refractivity contribution in [2.45, 2.75) is 38.5 Å². The van der Waals surface area contributed by atoms with E-state index in [-0.39, 0.29) is 10.8 Å². The van der Waals surface area contributed by atoms with Gasteiger partial charge in [-0.2, -0.15) is 0 Å². The SMILES string of the molecule is CC1(C)c2ccccc2-c2ccc(N(c3ccc4c(c3)-c3c(-c5ccccc5)cccc3C4(C)C)c3ccc(-c4ccccc4)cc3-c3ccccc3)cc21. The van der Waals surface area contributed by atoms with Crippen LogP contribution < -0.4 is 4.90 Å². The van der Waals surface area contributed by atoms with Gasteiger partial charge in [0.05, 0.1) is 5.69 Å². The average Bonchev–Trinajstić information content (AvgIpc) is 3.61. The van der Waals surface area contributed by atoms with Gasteiger partial charge in [0.2, 0.25) is 0 Å². The Balaban J connectivity index is 1.24. The Kier molecular flexibility index (Phi) is 7.58. The highest BCUT2D eigenvalue weighted by Crippen LogP contribution is 2.55. The number of anilines is 3. The van der Waals surface area contributed by atoms with Crippen molar-refractivity contribution < 1.29 is 0 Å². The fourth-order valence-electron chi connectivity index (χ4n) is 9.44. The molecule has 1 nitrogen and oxygen atoms in total. The largest absolute Gasteiger partial charge is 0.310 e. The van der Waals surface area contributed by atoms with Crippen LogP contribution in [0.1, 0.15) is 49.9 Å². The summed E-state index contributed by atoms with van der Waals surface area (Å²) >= 11 is 0. The van der Waals surface area contributed by atoms with Crippen LogP contribution in [0.2, 0.25) is 0 Å². The molecule has 8 aromatic carbocycles. The maximum Gasteiger partial charge on any atom is 0.0540 e. The molecule has 264 valence electrons. The van der Waals surface area contributed by atoms with Gasteiger partial charge in [0.1, 0.15) is 0 Å². The van der Waals surface area contributed by atoms with Gasteiger partial charge in [0.25, 0.3) is 0 Å². The van der Waals surface area contributed by atoms with Crippen molar-refractivity contribution in [3.05, 3.63) is 210 Å². The fraction of sp³-hybridized carbons (Fsp3) is 0.111. The minimum absolute atomic E-state index is 0.126. The standard InChI is InChI=1S/C54H43N/c1-53(2)48-31-29-40(34-46(48)52-42(24-16-26-49(52)53)37-19-10-6-11-20-37)55(41-28-30-44-43-23-14-15-25-47(43)54(3,4)50(44)35-41)51-32-27-39(36-17-8-5-9-18-36)33-45(51)38-21-12-7-13-22-38/h5-35H,1-4H3. The molecule has 10 rings (SSSR count). The van der Waals surface area contributed by atoms with Crippen molar-refractivity contribution in [3.63, 3.8) is 0 Å². The van der Waals surface area contributed by atoms with Crippen molar-refractivity contribution in [1.29, 1.82) is 0 Å². The first-order chi connectivity index (χ1) is 26.8. The first-order valence-electron chi connectivity index (χ1n) is 19.4. The van der Waals surface area contributed by atoms with Crippen molar-refractivity contribution in [2.75, 3.05) is 4.90 Å². The summed E-state index contributed by atoms with van der Waals surface area (Å²) in [6.45, 7) is 9.49. The summed E-state index contributed by atoms with van der Waals surface area (Å²) in [4.78, 5) is 2.51. The van der Waals surface area contributed by atoms with E-state index in [9.17, 15) is 0 Å². The molecule has 0 atom stereocenters. The lowest BCUT2D eigenvalue weighted by Crippen LogP contribution is -2.17. The van der Waals surface area contributed by atoms with Gasteiger partial charge in [-0.05, 0) is 109 Å². The lowest BCUT2D eigenvalue weighted by atomic mass is 9.82. The first-order valence-corrected chi connectivity index (χ1v) is 19.4. The second kappa shape index (κ2) is 12.6. The molecule has 0 fully saturated rings. The summed E-state index contributed by atoms with van der Waals surface area (Å²) in [6.07, 6.45) is 0. The molecule has 0 N–H and O–H groups in total. The maximum absolute atomic E-state index is 2.51. The van der Waals surface area contributed by atoms with E-state index in [1.54, 1.807) is 0 Å². The molecule has 0 aliphatic heterocycles. The van der Waals surface area contributed by atoms with Gasteiger partial charge in [-0.15, -0.1) is 0 Å². The Labute approximate surface area is 325 Å². The summed E-state index contributed by atoms with van der Waals surface area (Å²) in [6, 6.07) is 69.6. The molecule has 2 aliphatic rings. The second-order valence-corrected chi connectivity index (χ2v) is 16.1. The highest BCUT2D eigenvalue weighted by molar-refractivity contribution is 5.97. The van der Waals surface area contributed by atoms with Crippen molar-refractivity contribution in [3.8, 4) is 55.6 Å². The molecule has 1 heteroatoms. The molecule has 0 saturated heterocycles. The van der Waals surface area contributed by atoms with Gasteiger partial charge in [-0.1, -0.05) is 179 Å². The smallest absolute Gasteiger partial charge is 0.0540 e. The molecule has 0 aromatic heterocycles. The lowest BCUT2D eigenvalue weighted by Gasteiger charge is -2.31. The third kappa shape index (κ3) is 5.22. The summed E-state index contributed by atoms with van der Waals surface area (Å²) in [5.74, 6) is 0. The average molecular weight is 706 g/mol. The molecular weight excluding hydrogens is 663 g/mol. The number of fused-ring (bicyclic) bond motifs is 6. The zero-order valence-corrected chi connectivity index (χ0v) is 31.8. The van der Waals surface area contributed by atoms with Crippen LogP contribution in [0.4, 0.5) is 17.1 Å². The second-order valence-electron chi connectivity index (χ2n) is 16.1. The Morgan fingerprint density at radius 2 is 0.836 bits per heavy atom. The summed E-state index contributed by atoms with van der Waals surface area (Å²) in [5.41, 5.74) is 21.3. The third-order valence-electron chi connectivity index (χ3n) is 12.3. The van der Waals surface area contributed by atoms with Crippen LogP contribution in [0.15, 0.2) is 188 Å². The van der Waals surface area contributed by atoms with Crippen LogP contribution in [0.5, 0.6) is 0 Å². The summed E-state index contributed by atoms with van der Waals surface area (Å²) < 4.78 is 0. The van der Waals surface area contributed by atoms with Crippen molar-refractivity contribution in [1.82, 2.24) is 0 Å². The van der Waals surface area contributed by atoms with E-state index in [2.05, 4.69) is 221 Å². The Morgan fingerprint density at radius 1 is 0.309 bits per heavy atom. The first kappa shape index (κ1) is 33.2. The number of nitrogens with zero attached hydrogens (tertiary/aromatic N) is 1. The minimum atomic E-state index is -0.130. The van der Waals surface area contributed by atoms with E-state index in [0.29, 0.717) is 0 Å². The van der Waals surface area contributed by atoms with Gasteiger partial charge in [-0.3, -0.25) is 0 Å². The molecule has 2 aliphatic carbocycles. The van der Waals surface area contributed by atoms with Gasteiger partial charge < -0.3 is 4.90 Å². The van der Waals surface area contributed by atoms with Crippen LogP contribution in [0, 0.1) is 0 Å². The minimum Gasteiger partial charge on any atom is -0.310 e. The van der Waals surface area contributed by atoms with E-state index in [1.165, 1.54) is 77.9 Å². The Bertz CT molecular complexity index is 2740. The molecular formula is C54H43N. The number of hydrogen-bond acceptors (Lipinski definition) is 1. The number of benzene rings is 8. The van der Waals surface area contributed by atoms with Gasteiger partial charge in [0.15, 0.2) is 0 Å². The van der Waals surface area contributed by atoms with Gasteiger partial charge in [-0.25, -0.2) is 0 Å². The quantitative estimate of drug-likeness (QED) is 0.166. The van der Waals surface area contributed by atoms with Crippen LogP contribution >= 0.6 is 0 Å². The van der Waals surface area contributed by atoms with E-state index < -0.39 is 0 Å². The predicted octanol–water partition coefficient (Wildman–Crippen LogP) is 14.8. The van der Waals surface area contributed by atoms with Crippen LogP contribution in [0.3, 0.4) is 0 Å². The molecule has 0 saturated carbocycles. The molecule has 0 unspecified atom stereocenters. The van der Waals surface area contributed by atoms with E-state index in [1.807, 2.05) is 0 Å². The van der Waals surface area contributed by atoms with Crippen molar-refractivity contribution >= 4 is 17.1 Å². The summed E-state index contributed by atoms with van der Waals surface area (Å²) in [7, 11) is 0. The molecule has 0 radical (unpaired) electrons. The highest BCUT2D eigenvalue weighted by Gasteiger charge is 2.39. The molecule has 8 aromatic rings. The normalized spacial score (nSPS) is 14.1. The summed E-state index contributed by atoms with van der Waals surface area (Å²) in [5, 5.41) is 0. The topological polar surface area (TPSA) is 3.24 Å². The van der Waals surface area contributed by atoms with E-state index in [4.69, 9.17) is 0 Å². The zero-order valence-electron chi connectivity index (χ0n) is 31.8. The molecule has 0 heterocycles.